The van der Waals surface area contributed by atoms with Gasteiger partial charge in [0.15, 0.2) is 0 Å². The molecule has 2 rings (SSSR count). The average Bonchev–Trinajstić information content (AvgIpc) is 2.72. The molecule has 0 aliphatic heterocycles. The molecular weight excluding hydrogens is 236 g/mol. The number of hydrogen-bond acceptors (Lipinski definition) is 3. The topological polar surface area (TPSA) is 53.6 Å². The SMILES string of the molecule is CCCn1cncc1C(C#N)NC1CCCCCC1. The summed E-state index contributed by atoms with van der Waals surface area (Å²) in [5.74, 6) is 0. The fraction of sp³-hybridized carbons (Fsp3) is 0.733. The van der Waals surface area contributed by atoms with Crippen molar-refractivity contribution in [1.82, 2.24) is 14.9 Å². The van der Waals surface area contributed by atoms with Gasteiger partial charge in [-0.1, -0.05) is 32.6 Å². The van der Waals surface area contributed by atoms with Gasteiger partial charge in [-0.15, -0.1) is 0 Å². The van der Waals surface area contributed by atoms with Crippen LogP contribution in [0.3, 0.4) is 0 Å². The summed E-state index contributed by atoms with van der Waals surface area (Å²) >= 11 is 0. The molecule has 1 aliphatic rings. The van der Waals surface area contributed by atoms with Crippen molar-refractivity contribution in [2.24, 2.45) is 0 Å². The van der Waals surface area contributed by atoms with Crippen LogP contribution in [0.4, 0.5) is 0 Å². The summed E-state index contributed by atoms with van der Waals surface area (Å²) in [5.41, 5.74) is 1.01. The molecule has 0 bridgehead atoms. The minimum Gasteiger partial charge on any atom is -0.332 e. The molecule has 1 aromatic heterocycles. The van der Waals surface area contributed by atoms with E-state index in [-0.39, 0.29) is 6.04 Å². The van der Waals surface area contributed by atoms with Gasteiger partial charge in [-0.25, -0.2) is 4.98 Å². The lowest BCUT2D eigenvalue weighted by Gasteiger charge is -2.21. The van der Waals surface area contributed by atoms with E-state index in [1.54, 1.807) is 0 Å². The fourth-order valence-corrected chi connectivity index (χ4v) is 2.87. The minimum absolute atomic E-state index is 0.225. The summed E-state index contributed by atoms with van der Waals surface area (Å²) in [6.07, 6.45) is 12.3. The standard InChI is InChI=1S/C15H24N4/c1-2-9-19-12-17-11-15(19)14(10-16)18-13-7-5-3-4-6-8-13/h11-14,18H,2-9H2,1H3. The second kappa shape index (κ2) is 7.30. The molecule has 0 amide bonds. The highest BCUT2D eigenvalue weighted by atomic mass is 15.1. The third-order valence-electron chi connectivity index (χ3n) is 3.89. The molecule has 4 nitrogen and oxygen atoms in total. The Morgan fingerprint density at radius 2 is 2.16 bits per heavy atom. The Kier molecular flexibility index (Phi) is 5.41. The second-order valence-corrected chi connectivity index (χ2v) is 5.43. The zero-order chi connectivity index (χ0) is 13.5. The van der Waals surface area contributed by atoms with Crippen LogP contribution < -0.4 is 5.32 Å². The first-order chi connectivity index (χ1) is 9.35. The maximum atomic E-state index is 9.44. The molecule has 104 valence electrons. The first-order valence-electron chi connectivity index (χ1n) is 7.51. The van der Waals surface area contributed by atoms with Gasteiger partial charge in [0.05, 0.1) is 24.3 Å². The normalized spacial score (nSPS) is 18.7. The lowest BCUT2D eigenvalue weighted by Crippen LogP contribution is -2.32. The van der Waals surface area contributed by atoms with Gasteiger partial charge in [0.25, 0.3) is 0 Å². The van der Waals surface area contributed by atoms with Crippen LogP contribution in [0.25, 0.3) is 0 Å². The Labute approximate surface area is 115 Å². The molecule has 0 saturated heterocycles. The molecule has 1 N–H and O–H groups in total. The van der Waals surface area contributed by atoms with Gasteiger partial charge < -0.3 is 4.57 Å². The number of nitrogens with zero attached hydrogens (tertiary/aromatic N) is 3. The largest absolute Gasteiger partial charge is 0.332 e. The van der Waals surface area contributed by atoms with Gasteiger partial charge in [-0.05, 0) is 19.3 Å². The van der Waals surface area contributed by atoms with Crippen molar-refractivity contribution in [2.45, 2.75) is 70.5 Å². The van der Waals surface area contributed by atoms with Gasteiger partial charge in [0.1, 0.15) is 6.04 Å². The van der Waals surface area contributed by atoms with Crippen LogP contribution in [0.15, 0.2) is 12.5 Å². The minimum atomic E-state index is -0.225. The first kappa shape index (κ1) is 14.1. The van der Waals surface area contributed by atoms with Crippen molar-refractivity contribution in [1.29, 1.82) is 5.26 Å². The number of imidazole rings is 1. The van der Waals surface area contributed by atoms with Crippen molar-refractivity contribution in [3.8, 4) is 6.07 Å². The lowest BCUT2D eigenvalue weighted by molar-refractivity contribution is 0.425. The fourth-order valence-electron chi connectivity index (χ4n) is 2.87. The van der Waals surface area contributed by atoms with E-state index in [9.17, 15) is 5.26 Å². The van der Waals surface area contributed by atoms with Crippen LogP contribution in [0.1, 0.15) is 63.6 Å². The molecule has 1 saturated carbocycles. The Morgan fingerprint density at radius 1 is 1.42 bits per heavy atom. The number of nitriles is 1. The molecule has 0 radical (unpaired) electrons. The van der Waals surface area contributed by atoms with E-state index < -0.39 is 0 Å². The Balaban J connectivity index is 2.02. The van der Waals surface area contributed by atoms with E-state index >= 15 is 0 Å². The quantitative estimate of drug-likeness (QED) is 0.827. The molecule has 1 aromatic rings. The van der Waals surface area contributed by atoms with E-state index in [0.717, 1.165) is 18.7 Å². The first-order valence-corrected chi connectivity index (χ1v) is 7.51. The summed E-state index contributed by atoms with van der Waals surface area (Å²) < 4.78 is 2.09. The monoisotopic (exact) mass is 260 g/mol. The molecular formula is C15H24N4. The van der Waals surface area contributed by atoms with Gasteiger partial charge >= 0.3 is 0 Å². The molecule has 1 atom stereocenters. The molecule has 19 heavy (non-hydrogen) atoms. The summed E-state index contributed by atoms with van der Waals surface area (Å²) in [7, 11) is 0. The number of rotatable bonds is 5. The number of aromatic nitrogens is 2. The average molecular weight is 260 g/mol. The Morgan fingerprint density at radius 3 is 2.79 bits per heavy atom. The van der Waals surface area contributed by atoms with Crippen LogP contribution in [0.2, 0.25) is 0 Å². The molecule has 1 aliphatic carbocycles. The zero-order valence-electron chi connectivity index (χ0n) is 11.8. The summed E-state index contributed by atoms with van der Waals surface area (Å²) in [6.45, 7) is 3.07. The van der Waals surface area contributed by atoms with Gasteiger partial charge in [-0.3, -0.25) is 5.32 Å². The van der Waals surface area contributed by atoms with E-state index in [1.807, 2.05) is 12.5 Å². The highest BCUT2D eigenvalue weighted by Crippen LogP contribution is 2.21. The smallest absolute Gasteiger partial charge is 0.138 e. The number of aryl methyl sites for hydroxylation is 1. The molecule has 0 aromatic carbocycles. The molecule has 1 unspecified atom stereocenters. The zero-order valence-corrected chi connectivity index (χ0v) is 11.8. The molecule has 0 spiro atoms. The van der Waals surface area contributed by atoms with E-state index in [0.29, 0.717) is 6.04 Å². The van der Waals surface area contributed by atoms with Gasteiger partial charge in [-0.2, -0.15) is 5.26 Å². The van der Waals surface area contributed by atoms with Crippen molar-refractivity contribution >= 4 is 0 Å². The third kappa shape index (κ3) is 3.81. The summed E-state index contributed by atoms with van der Waals surface area (Å²) in [5, 5.41) is 13.0. The van der Waals surface area contributed by atoms with E-state index in [4.69, 9.17) is 0 Å². The maximum absolute atomic E-state index is 9.44. The van der Waals surface area contributed by atoms with Crippen LogP contribution in [-0.2, 0) is 6.54 Å². The predicted octanol–water partition coefficient (Wildman–Crippen LogP) is 3.17. The Hall–Kier alpha value is -1.34. The molecule has 1 heterocycles. The van der Waals surface area contributed by atoms with Gasteiger partial charge in [0.2, 0.25) is 0 Å². The summed E-state index contributed by atoms with van der Waals surface area (Å²) in [6, 6.07) is 2.66. The summed E-state index contributed by atoms with van der Waals surface area (Å²) in [4.78, 5) is 4.19. The number of nitrogens with one attached hydrogen (secondary N) is 1. The molecule has 4 heteroatoms. The Bertz CT molecular complexity index is 410. The van der Waals surface area contributed by atoms with Gasteiger partial charge in [0, 0.05) is 12.6 Å². The van der Waals surface area contributed by atoms with Crippen molar-refractivity contribution in [2.75, 3.05) is 0 Å². The number of hydrogen-bond donors (Lipinski definition) is 1. The highest BCUT2D eigenvalue weighted by molar-refractivity contribution is 5.14. The van der Waals surface area contributed by atoms with Crippen LogP contribution >= 0.6 is 0 Å². The van der Waals surface area contributed by atoms with Crippen molar-refractivity contribution in [3.63, 3.8) is 0 Å². The van der Waals surface area contributed by atoms with E-state index in [2.05, 4.69) is 27.9 Å². The predicted molar refractivity (Wildman–Crippen MR) is 75.5 cm³/mol. The van der Waals surface area contributed by atoms with Crippen LogP contribution in [-0.4, -0.2) is 15.6 Å². The highest BCUT2D eigenvalue weighted by Gasteiger charge is 2.20. The lowest BCUT2D eigenvalue weighted by atomic mass is 10.1. The maximum Gasteiger partial charge on any atom is 0.138 e. The van der Waals surface area contributed by atoms with E-state index in [1.165, 1.54) is 38.5 Å². The van der Waals surface area contributed by atoms with Crippen molar-refractivity contribution in [3.05, 3.63) is 18.2 Å². The molecule has 1 fully saturated rings. The second-order valence-electron chi connectivity index (χ2n) is 5.43. The van der Waals surface area contributed by atoms with Crippen molar-refractivity contribution < 1.29 is 0 Å². The van der Waals surface area contributed by atoms with Crippen LogP contribution in [0.5, 0.6) is 0 Å². The third-order valence-corrected chi connectivity index (χ3v) is 3.89. The van der Waals surface area contributed by atoms with Crippen LogP contribution in [0, 0.1) is 11.3 Å².